The number of hydrogen-bond acceptors (Lipinski definition) is 6. The quantitative estimate of drug-likeness (QED) is 0.687. The van der Waals surface area contributed by atoms with Crippen molar-refractivity contribution in [3.63, 3.8) is 0 Å². The first-order valence-electron chi connectivity index (χ1n) is 5.16. The number of fused-ring (bicyclic) bond motifs is 1. The van der Waals surface area contributed by atoms with E-state index in [2.05, 4.69) is 15.3 Å². The van der Waals surface area contributed by atoms with E-state index < -0.39 is 0 Å². The van der Waals surface area contributed by atoms with Crippen molar-refractivity contribution < 1.29 is 5.11 Å². The summed E-state index contributed by atoms with van der Waals surface area (Å²) in [5.74, 6) is 1.07. The maximum absolute atomic E-state index is 8.67. The SMILES string of the molecule is Nc1nc(NCCCCO)c2ccsc2n1. The Bertz CT molecular complexity index is 471. The van der Waals surface area contributed by atoms with Crippen molar-refractivity contribution in [2.24, 2.45) is 0 Å². The zero-order valence-electron chi connectivity index (χ0n) is 8.81. The molecule has 2 aromatic heterocycles. The first-order chi connectivity index (χ1) is 7.81. The summed E-state index contributed by atoms with van der Waals surface area (Å²) in [5, 5.41) is 14.9. The van der Waals surface area contributed by atoms with Gasteiger partial charge in [-0.15, -0.1) is 11.3 Å². The van der Waals surface area contributed by atoms with Gasteiger partial charge in [0.25, 0.3) is 0 Å². The topological polar surface area (TPSA) is 84.1 Å². The molecular formula is C10H14N4OS. The molecule has 0 fully saturated rings. The maximum atomic E-state index is 8.67. The van der Waals surface area contributed by atoms with Gasteiger partial charge >= 0.3 is 0 Å². The van der Waals surface area contributed by atoms with E-state index in [1.54, 1.807) is 11.3 Å². The summed E-state index contributed by atoms with van der Waals surface area (Å²) in [6, 6.07) is 1.98. The van der Waals surface area contributed by atoms with Gasteiger partial charge in [-0.1, -0.05) is 0 Å². The second-order valence-corrected chi connectivity index (χ2v) is 4.32. The van der Waals surface area contributed by atoms with Gasteiger partial charge in [0.1, 0.15) is 10.6 Å². The average molecular weight is 238 g/mol. The number of anilines is 2. The number of aliphatic hydroxyl groups excluding tert-OH is 1. The molecule has 2 aromatic rings. The normalized spacial score (nSPS) is 10.8. The Kier molecular flexibility index (Phi) is 3.53. The molecule has 16 heavy (non-hydrogen) atoms. The van der Waals surface area contributed by atoms with Crippen LogP contribution in [-0.2, 0) is 0 Å². The lowest BCUT2D eigenvalue weighted by molar-refractivity contribution is 0.286. The van der Waals surface area contributed by atoms with E-state index in [1.165, 1.54) is 0 Å². The second kappa shape index (κ2) is 5.09. The van der Waals surface area contributed by atoms with Gasteiger partial charge in [0, 0.05) is 13.2 Å². The van der Waals surface area contributed by atoms with Gasteiger partial charge < -0.3 is 16.2 Å². The molecule has 0 bridgehead atoms. The fourth-order valence-corrected chi connectivity index (χ4v) is 2.22. The van der Waals surface area contributed by atoms with Crippen LogP contribution in [-0.4, -0.2) is 28.2 Å². The molecule has 0 aliphatic rings. The van der Waals surface area contributed by atoms with Crippen LogP contribution >= 0.6 is 11.3 Å². The highest BCUT2D eigenvalue weighted by atomic mass is 32.1. The number of unbranched alkanes of at least 4 members (excludes halogenated alkanes) is 1. The van der Waals surface area contributed by atoms with E-state index in [-0.39, 0.29) is 6.61 Å². The number of nitrogens with two attached hydrogens (primary N) is 1. The zero-order chi connectivity index (χ0) is 11.4. The molecule has 0 aliphatic heterocycles. The van der Waals surface area contributed by atoms with E-state index in [0.717, 1.165) is 35.4 Å². The minimum Gasteiger partial charge on any atom is -0.396 e. The predicted molar refractivity (Wildman–Crippen MR) is 66.6 cm³/mol. The van der Waals surface area contributed by atoms with Gasteiger partial charge in [0.2, 0.25) is 5.95 Å². The number of aromatic nitrogens is 2. The average Bonchev–Trinajstić information content (AvgIpc) is 2.72. The van der Waals surface area contributed by atoms with Gasteiger partial charge in [0.05, 0.1) is 5.39 Å². The van der Waals surface area contributed by atoms with Crippen LogP contribution in [0.25, 0.3) is 10.2 Å². The second-order valence-electron chi connectivity index (χ2n) is 3.43. The minimum atomic E-state index is 0.224. The van der Waals surface area contributed by atoms with Crippen LogP contribution < -0.4 is 11.1 Å². The zero-order valence-corrected chi connectivity index (χ0v) is 9.63. The van der Waals surface area contributed by atoms with Crippen LogP contribution in [0.1, 0.15) is 12.8 Å². The molecule has 0 saturated carbocycles. The van der Waals surface area contributed by atoms with Crippen molar-refractivity contribution in [1.82, 2.24) is 9.97 Å². The van der Waals surface area contributed by atoms with Crippen LogP contribution in [0.15, 0.2) is 11.4 Å². The molecule has 0 spiro atoms. The van der Waals surface area contributed by atoms with E-state index >= 15 is 0 Å². The first kappa shape index (κ1) is 11.1. The van der Waals surface area contributed by atoms with Gasteiger partial charge in [-0.2, -0.15) is 4.98 Å². The van der Waals surface area contributed by atoms with Crippen LogP contribution in [0.2, 0.25) is 0 Å². The van der Waals surface area contributed by atoms with Crippen LogP contribution in [0, 0.1) is 0 Å². The molecule has 0 radical (unpaired) electrons. The summed E-state index contributed by atoms with van der Waals surface area (Å²) in [6.07, 6.45) is 1.70. The molecule has 0 amide bonds. The molecule has 2 heterocycles. The molecule has 0 atom stereocenters. The predicted octanol–water partition coefficient (Wildman–Crippen LogP) is 1.46. The maximum Gasteiger partial charge on any atom is 0.223 e. The lowest BCUT2D eigenvalue weighted by Crippen LogP contribution is -2.06. The number of rotatable bonds is 5. The van der Waals surface area contributed by atoms with Crippen molar-refractivity contribution in [2.45, 2.75) is 12.8 Å². The van der Waals surface area contributed by atoms with E-state index in [1.807, 2.05) is 11.4 Å². The standard InChI is InChI=1S/C10H14N4OS/c11-10-13-8(12-4-1-2-5-15)7-3-6-16-9(7)14-10/h3,6,15H,1-2,4-5H2,(H3,11,12,13,14). The number of nitrogen functional groups attached to an aromatic ring is 1. The number of nitrogens with one attached hydrogen (secondary N) is 1. The highest BCUT2D eigenvalue weighted by Crippen LogP contribution is 2.25. The van der Waals surface area contributed by atoms with Crippen molar-refractivity contribution >= 4 is 33.3 Å². The third-order valence-electron chi connectivity index (χ3n) is 2.22. The van der Waals surface area contributed by atoms with Gasteiger partial charge in [-0.3, -0.25) is 0 Å². The fraction of sp³-hybridized carbons (Fsp3) is 0.400. The largest absolute Gasteiger partial charge is 0.396 e. The van der Waals surface area contributed by atoms with Gasteiger partial charge in [-0.25, -0.2) is 4.98 Å². The lowest BCUT2D eigenvalue weighted by Gasteiger charge is -2.06. The first-order valence-corrected chi connectivity index (χ1v) is 6.04. The summed E-state index contributed by atoms with van der Waals surface area (Å²) in [7, 11) is 0. The van der Waals surface area contributed by atoms with Gasteiger partial charge in [0.15, 0.2) is 0 Å². The Labute approximate surface area is 97.3 Å². The summed E-state index contributed by atoms with van der Waals surface area (Å²) in [5.41, 5.74) is 5.62. The van der Waals surface area contributed by atoms with Crippen molar-refractivity contribution in [3.8, 4) is 0 Å². The van der Waals surface area contributed by atoms with Crippen molar-refractivity contribution in [1.29, 1.82) is 0 Å². The summed E-state index contributed by atoms with van der Waals surface area (Å²) < 4.78 is 0. The summed E-state index contributed by atoms with van der Waals surface area (Å²) in [6.45, 7) is 1.00. The van der Waals surface area contributed by atoms with Crippen molar-refractivity contribution in [2.75, 3.05) is 24.2 Å². The highest BCUT2D eigenvalue weighted by Gasteiger charge is 2.06. The van der Waals surface area contributed by atoms with E-state index in [0.29, 0.717) is 5.95 Å². The Morgan fingerprint density at radius 2 is 2.25 bits per heavy atom. The summed E-state index contributed by atoms with van der Waals surface area (Å²) >= 11 is 1.55. The van der Waals surface area contributed by atoms with Crippen molar-refractivity contribution in [3.05, 3.63) is 11.4 Å². The molecule has 0 saturated heterocycles. The lowest BCUT2D eigenvalue weighted by atomic mass is 10.3. The smallest absolute Gasteiger partial charge is 0.223 e. The highest BCUT2D eigenvalue weighted by molar-refractivity contribution is 7.16. The third-order valence-corrected chi connectivity index (χ3v) is 3.03. The van der Waals surface area contributed by atoms with Crippen LogP contribution in [0.3, 0.4) is 0 Å². The molecule has 0 aromatic carbocycles. The Morgan fingerprint density at radius 1 is 1.38 bits per heavy atom. The number of aliphatic hydroxyl groups is 1. The third kappa shape index (κ3) is 2.40. The van der Waals surface area contributed by atoms with Gasteiger partial charge in [-0.05, 0) is 24.3 Å². The number of nitrogens with zero attached hydrogens (tertiary/aromatic N) is 2. The van der Waals surface area contributed by atoms with E-state index in [4.69, 9.17) is 10.8 Å². The molecule has 4 N–H and O–H groups in total. The molecule has 2 rings (SSSR count). The molecule has 0 aliphatic carbocycles. The Hall–Kier alpha value is -1.40. The number of thiophene rings is 1. The molecule has 86 valence electrons. The minimum absolute atomic E-state index is 0.224. The Morgan fingerprint density at radius 3 is 3.06 bits per heavy atom. The van der Waals surface area contributed by atoms with E-state index in [9.17, 15) is 0 Å². The number of hydrogen-bond donors (Lipinski definition) is 3. The monoisotopic (exact) mass is 238 g/mol. The molecule has 6 heteroatoms. The molecule has 0 unspecified atom stereocenters. The van der Waals surface area contributed by atoms with Crippen LogP contribution in [0.5, 0.6) is 0 Å². The van der Waals surface area contributed by atoms with Crippen LogP contribution in [0.4, 0.5) is 11.8 Å². The molecule has 5 nitrogen and oxygen atoms in total. The Balaban J connectivity index is 2.12. The summed E-state index contributed by atoms with van der Waals surface area (Å²) in [4.78, 5) is 9.22. The fourth-order valence-electron chi connectivity index (χ4n) is 1.45. The molecular weight excluding hydrogens is 224 g/mol.